The first-order chi connectivity index (χ1) is 16.1. The van der Waals surface area contributed by atoms with E-state index in [0.717, 1.165) is 48.7 Å². The highest BCUT2D eigenvalue weighted by molar-refractivity contribution is 5.97. The Hall–Kier alpha value is -3.26. The number of amides is 1. The zero-order valence-electron chi connectivity index (χ0n) is 20.3. The van der Waals surface area contributed by atoms with Crippen LogP contribution in [0.3, 0.4) is 0 Å². The molecule has 0 bridgehead atoms. The number of carbonyl (C=O) groups excluding carboxylic acids is 2. The minimum Gasteiger partial charge on any atom is -0.386 e. The third-order valence-corrected chi connectivity index (χ3v) is 6.34. The lowest BCUT2D eigenvalue weighted by atomic mass is 9.96. The number of anilines is 1. The fraction of sp³-hybridized carbons (Fsp3) is 0.462. The quantitative estimate of drug-likeness (QED) is 0.522. The predicted octanol–water partition coefficient (Wildman–Crippen LogP) is 3.19. The van der Waals surface area contributed by atoms with Crippen molar-refractivity contribution in [3.8, 4) is 0 Å². The van der Waals surface area contributed by atoms with Gasteiger partial charge in [-0.15, -0.1) is 0 Å². The van der Waals surface area contributed by atoms with E-state index < -0.39 is 5.60 Å². The molecule has 8 nitrogen and oxygen atoms in total. The molecule has 0 atom stereocenters. The molecule has 1 saturated heterocycles. The molecule has 2 aromatic heterocycles. The van der Waals surface area contributed by atoms with Crippen LogP contribution in [0.2, 0.25) is 0 Å². The molecule has 1 aliphatic rings. The first kappa shape index (κ1) is 23.9. The van der Waals surface area contributed by atoms with Gasteiger partial charge >= 0.3 is 0 Å². The number of benzene rings is 1. The summed E-state index contributed by atoms with van der Waals surface area (Å²) < 4.78 is 1.84. The molecule has 0 unspecified atom stereocenters. The predicted molar refractivity (Wildman–Crippen MR) is 131 cm³/mol. The molecular formula is C26H33N5O3. The topological polar surface area (TPSA) is 99.8 Å². The summed E-state index contributed by atoms with van der Waals surface area (Å²) in [7, 11) is 0. The van der Waals surface area contributed by atoms with Crippen molar-refractivity contribution in [3.63, 3.8) is 0 Å². The molecule has 1 fully saturated rings. The molecular weight excluding hydrogens is 430 g/mol. The Labute approximate surface area is 200 Å². The highest BCUT2D eigenvalue weighted by Gasteiger charge is 2.24. The van der Waals surface area contributed by atoms with E-state index in [4.69, 9.17) is 4.98 Å². The number of aryl methyl sites for hydroxylation is 1. The molecule has 180 valence electrons. The Kier molecular flexibility index (Phi) is 6.70. The van der Waals surface area contributed by atoms with E-state index in [1.807, 2.05) is 30.5 Å². The van der Waals surface area contributed by atoms with E-state index in [9.17, 15) is 14.7 Å². The SMILES string of the molecule is CCC(=O)NC1CCN(c2cc(CC(=O)c3ccc(C(C)(C)O)cc3)nc3cc(C)nn23)CC1. The Bertz CT molecular complexity index is 1190. The molecule has 1 aromatic carbocycles. The summed E-state index contributed by atoms with van der Waals surface area (Å²) in [5.41, 5.74) is 2.68. The summed E-state index contributed by atoms with van der Waals surface area (Å²) in [6.07, 6.45) is 2.39. The maximum Gasteiger partial charge on any atom is 0.219 e. The zero-order valence-corrected chi connectivity index (χ0v) is 20.3. The molecule has 0 saturated carbocycles. The van der Waals surface area contributed by atoms with Gasteiger partial charge in [-0.3, -0.25) is 9.59 Å². The first-order valence-corrected chi connectivity index (χ1v) is 11.9. The van der Waals surface area contributed by atoms with Crippen molar-refractivity contribution in [2.24, 2.45) is 0 Å². The van der Waals surface area contributed by atoms with Crippen molar-refractivity contribution < 1.29 is 14.7 Å². The summed E-state index contributed by atoms with van der Waals surface area (Å²) in [5.74, 6) is 0.977. The van der Waals surface area contributed by atoms with E-state index in [2.05, 4.69) is 15.3 Å². The highest BCUT2D eigenvalue weighted by Crippen LogP contribution is 2.24. The molecule has 0 aliphatic carbocycles. The lowest BCUT2D eigenvalue weighted by Gasteiger charge is -2.34. The third-order valence-electron chi connectivity index (χ3n) is 6.34. The van der Waals surface area contributed by atoms with Crippen LogP contribution in [-0.4, -0.2) is 50.5 Å². The van der Waals surface area contributed by atoms with Crippen LogP contribution >= 0.6 is 0 Å². The number of carbonyl (C=O) groups is 2. The number of aliphatic hydroxyl groups is 1. The van der Waals surface area contributed by atoms with Gasteiger partial charge in [0.05, 0.1) is 23.4 Å². The van der Waals surface area contributed by atoms with Crippen LogP contribution in [-0.2, 0) is 16.8 Å². The maximum absolute atomic E-state index is 13.0. The van der Waals surface area contributed by atoms with Gasteiger partial charge in [0, 0.05) is 43.2 Å². The molecule has 1 aliphatic heterocycles. The molecule has 0 radical (unpaired) electrons. The van der Waals surface area contributed by atoms with E-state index >= 15 is 0 Å². The lowest BCUT2D eigenvalue weighted by molar-refractivity contribution is -0.121. The second kappa shape index (κ2) is 9.54. The average molecular weight is 464 g/mol. The number of nitrogens with zero attached hydrogens (tertiary/aromatic N) is 4. The molecule has 1 amide bonds. The summed E-state index contributed by atoms with van der Waals surface area (Å²) in [4.78, 5) is 31.7. The monoisotopic (exact) mass is 463 g/mol. The summed E-state index contributed by atoms with van der Waals surface area (Å²) in [6.45, 7) is 8.82. The number of hydrogen-bond acceptors (Lipinski definition) is 6. The van der Waals surface area contributed by atoms with Crippen LogP contribution in [0.4, 0.5) is 5.82 Å². The Morgan fingerprint density at radius 3 is 2.44 bits per heavy atom. The molecule has 3 heterocycles. The normalized spacial score (nSPS) is 15.0. The Balaban J connectivity index is 1.54. The zero-order chi connectivity index (χ0) is 24.5. The Morgan fingerprint density at radius 2 is 1.82 bits per heavy atom. The van der Waals surface area contributed by atoms with Crippen molar-refractivity contribution in [2.75, 3.05) is 18.0 Å². The van der Waals surface area contributed by atoms with Crippen LogP contribution in [0.1, 0.15) is 67.3 Å². The van der Waals surface area contributed by atoms with Gasteiger partial charge in [-0.2, -0.15) is 9.61 Å². The van der Waals surface area contributed by atoms with Crippen molar-refractivity contribution in [3.05, 3.63) is 58.9 Å². The molecule has 3 aromatic rings. The lowest BCUT2D eigenvalue weighted by Crippen LogP contribution is -2.45. The smallest absolute Gasteiger partial charge is 0.219 e. The first-order valence-electron chi connectivity index (χ1n) is 11.9. The molecule has 0 spiro atoms. The molecule has 4 rings (SSSR count). The van der Waals surface area contributed by atoms with Gasteiger partial charge in [-0.1, -0.05) is 31.2 Å². The highest BCUT2D eigenvalue weighted by atomic mass is 16.3. The van der Waals surface area contributed by atoms with Crippen molar-refractivity contribution >= 4 is 23.2 Å². The van der Waals surface area contributed by atoms with Crippen molar-refractivity contribution in [1.29, 1.82) is 0 Å². The van der Waals surface area contributed by atoms with Gasteiger partial charge in [0.25, 0.3) is 0 Å². The minimum atomic E-state index is -0.949. The van der Waals surface area contributed by atoms with E-state index in [1.165, 1.54) is 0 Å². The summed E-state index contributed by atoms with van der Waals surface area (Å²) >= 11 is 0. The number of nitrogens with one attached hydrogen (secondary N) is 1. The third kappa shape index (κ3) is 5.28. The summed E-state index contributed by atoms with van der Waals surface area (Å²) in [6, 6.07) is 11.2. The van der Waals surface area contributed by atoms with Crippen LogP contribution in [0, 0.1) is 6.92 Å². The van der Waals surface area contributed by atoms with Gasteiger partial charge < -0.3 is 15.3 Å². The molecule has 8 heteroatoms. The number of rotatable bonds is 7. The number of ketones is 1. The van der Waals surface area contributed by atoms with Gasteiger partial charge in [0.2, 0.25) is 5.91 Å². The van der Waals surface area contributed by atoms with Crippen LogP contribution in [0.5, 0.6) is 0 Å². The standard InChI is InChI=1S/C26H33N5O3/c1-5-24(33)28-20-10-12-30(13-11-20)25-16-21(27-23-14-17(2)29-31(23)25)15-22(32)18-6-8-19(9-7-18)26(3,4)34/h6-9,14,16,20,34H,5,10-13,15H2,1-4H3,(H,28,33). The van der Waals surface area contributed by atoms with Gasteiger partial charge in [-0.05, 0) is 39.2 Å². The van der Waals surface area contributed by atoms with Gasteiger partial charge in [0.1, 0.15) is 5.82 Å². The second-order valence-corrected chi connectivity index (χ2v) is 9.58. The fourth-order valence-electron chi connectivity index (χ4n) is 4.35. The van der Waals surface area contributed by atoms with Crippen LogP contribution in [0.25, 0.3) is 5.65 Å². The van der Waals surface area contributed by atoms with Crippen LogP contribution in [0.15, 0.2) is 36.4 Å². The van der Waals surface area contributed by atoms with Gasteiger partial charge in [0.15, 0.2) is 11.4 Å². The summed E-state index contributed by atoms with van der Waals surface area (Å²) in [5, 5.41) is 17.9. The number of aromatic nitrogens is 3. The number of fused-ring (bicyclic) bond motifs is 1. The fourth-order valence-corrected chi connectivity index (χ4v) is 4.35. The van der Waals surface area contributed by atoms with Gasteiger partial charge in [-0.25, -0.2) is 4.98 Å². The second-order valence-electron chi connectivity index (χ2n) is 9.58. The van der Waals surface area contributed by atoms with E-state index in [-0.39, 0.29) is 24.2 Å². The van der Waals surface area contributed by atoms with Crippen LogP contribution < -0.4 is 10.2 Å². The van der Waals surface area contributed by atoms with E-state index in [1.54, 1.807) is 38.1 Å². The molecule has 34 heavy (non-hydrogen) atoms. The average Bonchev–Trinajstić information content (AvgIpc) is 3.18. The largest absolute Gasteiger partial charge is 0.386 e. The Morgan fingerprint density at radius 1 is 1.15 bits per heavy atom. The minimum absolute atomic E-state index is 0.0256. The number of hydrogen-bond donors (Lipinski definition) is 2. The van der Waals surface area contributed by atoms with E-state index in [0.29, 0.717) is 17.7 Å². The number of piperidine rings is 1. The van der Waals surface area contributed by atoms with Crippen molar-refractivity contribution in [2.45, 2.75) is 65.0 Å². The molecule has 2 N–H and O–H groups in total. The maximum atomic E-state index is 13.0. The number of Topliss-reactive ketones (excluding diaryl/α,β-unsaturated/α-hetero) is 1. The van der Waals surface area contributed by atoms with Crippen molar-refractivity contribution in [1.82, 2.24) is 19.9 Å².